The minimum atomic E-state index is 0.814. The molecule has 0 saturated carbocycles. The van der Waals surface area contributed by atoms with Crippen molar-refractivity contribution >= 4 is 11.6 Å². The molecule has 17 heavy (non-hydrogen) atoms. The highest BCUT2D eigenvalue weighted by Crippen LogP contribution is 2.16. The molecule has 0 aliphatic rings. The van der Waals surface area contributed by atoms with Crippen molar-refractivity contribution in [3.05, 3.63) is 52.3 Å². The molecule has 0 bridgehead atoms. The van der Waals surface area contributed by atoms with E-state index < -0.39 is 0 Å². The van der Waals surface area contributed by atoms with E-state index in [1.807, 2.05) is 38.5 Å². The Morgan fingerprint density at radius 3 is 2.71 bits per heavy atom. The van der Waals surface area contributed by atoms with Gasteiger partial charge in [0.25, 0.3) is 0 Å². The molecule has 1 aromatic carbocycles. The SMILES string of the molecule is Cc1ccc(CNCc2cnn(C)c2)cc1Cl. The quantitative estimate of drug-likeness (QED) is 0.903. The third kappa shape index (κ3) is 3.32. The Bertz CT molecular complexity index is 505. The van der Waals surface area contributed by atoms with Crippen molar-refractivity contribution < 1.29 is 0 Å². The van der Waals surface area contributed by atoms with E-state index in [-0.39, 0.29) is 0 Å². The van der Waals surface area contributed by atoms with Gasteiger partial charge in [0.15, 0.2) is 0 Å². The van der Waals surface area contributed by atoms with Crippen LogP contribution in [0.4, 0.5) is 0 Å². The van der Waals surface area contributed by atoms with Gasteiger partial charge in [0.2, 0.25) is 0 Å². The number of rotatable bonds is 4. The maximum atomic E-state index is 6.07. The van der Waals surface area contributed by atoms with Crippen LogP contribution in [0.15, 0.2) is 30.6 Å². The van der Waals surface area contributed by atoms with Crippen LogP contribution in [0.1, 0.15) is 16.7 Å². The summed E-state index contributed by atoms with van der Waals surface area (Å²) in [7, 11) is 1.92. The highest BCUT2D eigenvalue weighted by molar-refractivity contribution is 6.31. The van der Waals surface area contributed by atoms with E-state index in [1.165, 1.54) is 11.1 Å². The molecule has 0 aliphatic heterocycles. The largest absolute Gasteiger partial charge is 0.309 e. The zero-order valence-corrected chi connectivity index (χ0v) is 10.8. The fourth-order valence-corrected chi connectivity index (χ4v) is 1.86. The summed E-state index contributed by atoms with van der Waals surface area (Å²) in [6.45, 7) is 3.64. The molecule has 2 rings (SSSR count). The molecule has 90 valence electrons. The Morgan fingerprint density at radius 2 is 2.06 bits per heavy atom. The first-order valence-corrected chi connectivity index (χ1v) is 5.96. The molecule has 0 amide bonds. The Hall–Kier alpha value is -1.32. The first-order chi connectivity index (χ1) is 8.15. The standard InChI is InChI=1S/C13H16ClN3/c1-10-3-4-11(5-13(10)14)6-15-7-12-8-16-17(2)9-12/h3-5,8-9,15H,6-7H2,1-2H3. The summed E-state index contributed by atoms with van der Waals surface area (Å²) in [6.07, 6.45) is 3.88. The molecule has 0 saturated heterocycles. The molecule has 1 N–H and O–H groups in total. The van der Waals surface area contributed by atoms with Gasteiger partial charge in [0, 0.05) is 36.9 Å². The number of hydrogen-bond donors (Lipinski definition) is 1. The average molecular weight is 250 g/mol. The maximum Gasteiger partial charge on any atom is 0.0534 e. The Balaban J connectivity index is 1.87. The number of halogens is 1. The fraction of sp³-hybridized carbons (Fsp3) is 0.308. The summed E-state index contributed by atoms with van der Waals surface area (Å²) >= 11 is 6.07. The zero-order chi connectivity index (χ0) is 12.3. The first-order valence-electron chi connectivity index (χ1n) is 5.58. The van der Waals surface area contributed by atoms with Gasteiger partial charge < -0.3 is 5.32 Å². The van der Waals surface area contributed by atoms with Crippen LogP contribution in [-0.2, 0) is 20.1 Å². The van der Waals surface area contributed by atoms with Gasteiger partial charge >= 0.3 is 0 Å². The normalized spacial score (nSPS) is 10.8. The van der Waals surface area contributed by atoms with Crippen LogP contribution in [0.25, 0.3) is 0 Å². The maximum absolute atomic E-state index is 6.07. The summed E-state index contributed by atoms with van der Waals surface area (Å²) < 4.78 is 1.81. The lowest BCUT2D eigenvalue weighted by Crippen LogP contribution is -2.12. The molecule has 0 atom stereocenters. The van der Waals surface area contributed by atoms with Gasteiger partial charge in [-0.3, -0.25) is 4.68 Å². The third-order valence-electron chi connectivity index (χ3n) is 2.65. The minimum absolute atomic E-state index is 0.814. The topological polar surface area (TPSA) is 29.9 Å². The molecular weight excluding hydrogens is 234 g/mol. The van der Waals surface area contributed by atoms with Gasteiger partial charge in [0.1, 0.15) is 0 Å². The monoisotopic (exact) mass is 249 g/mol. The van der Waals surface area contributed by atoms with Crippen LogP contribution in [0.3, 0.4) is 0 Å². The van der Waals surface area contributed by atoms with Crippen molar-refractivity contribution in [3.63, 3.8) is 0 Å². The Labute approximate surface area is 106 Å². The second-order valence-corrected chi connectivity index (χ2v) is 4.62. The molecule has 0 fully saturated rings. The van der Waals surface area contributed by atoms with Crippen molar-refractivity contribution in [3.8, 4) is 0 Å². The fourth-order valence-electron chi connectivity index (χ4n) is 1.66. The van der Waals surface area contributed by atoms with E-state index in [9.17, 15) is 0 Å². The lowest BCUT2D eigenvalue weighted by atomic mass is 10.1. The van der Waals surface area contributed by atoms with E-state index in [4.69, 9.17) is 11.6 Å². The van der Waals surface area contributed by atoms with E-state index in [0.29, 0.717) is 0 Å². The van der Waals surface area contributed by atoms with Gasteiger partial charge in [-0.25, -0.2) is 0 Å². The molecule has 2 aromatic rings. The van der Waals surface area contributed by atoms with Gasteiger partial charge in [-0.1, -0.05) is 23.7 Å². The van der Waals surface area contributed by atoms with Crippen molar-refractivity contribution in [1.29, 1.82) is 0 Å². The number of hydrogen-bond acceptors (Lipinski definition) is 2. The van der Waals surface area contributed by atoms with Crippen LogP contribution in [0.2, 0.25) is 5.02 Å². The number of aromatic nitrogens is 2. The highest BCUT2D eigenvalue weighted by Gasteiger charge is 1.99. The molecule has 3 nitrogen and oxygen atoms in total. The second-order valence-electron chi connectivity index (χ2n) is 4.21. The van der Waals surface area contributed by atoms with Gasteiger partial charge in [-0.05, 0) is 24.1 Å². The van der Waals surface area contributed by atoms with Gasteiger partial charge in [-0.2, -0.15) is 5.10 Å². The van der Waals surface area contributed by atoms with Crippen LogP contribution in [0.5, 0.6) is 0 Å². The van der Waals surface area contributed by atoms with E-state index in [0.717, 1.165) is 23.7 Å². The van der Waals surface area contributed by atoms with E-state index >= 15 is 0 Å². The molecule has 0 unspecified atom stereocenters. The second kappa shape index (κ2) is 5.34. The summed E-state index contributed by atoms with van der Waals surface area (Å²) in [5.41, 5.74) is 3.50. The smallest absolute Gasteiger partial charge is 0.0534 e. The summed E-state index contributed by atoms with van der Waals surface area (Å²) in [5, 5.41) is 8.31. The number of aryl methyl sites for hydroxylation is 2. The molecule has 0 aliphatic carbocycles. The van der Waals surface area contributed by atoms with Crippen molar-refractivity contribution in [2.75, 3.05) is 0 Å². The first kappa shape index (κ1) is 12.1. The number of nitrogens with zero attached hydrogens (tertiary/aromatic N) is 2. The number of benzene rings is 1. The Morgan fingerprint density at radius 1 is 1.29 bits per heavy atom. The highest BCUT2D eigenvalue weighted by atomic mass is 35.5. The molecule has 0 radical (unpaired) electrons. The molecule has 0 spiro atoms. The Kier molecular flexibility index (Phi) is 3.82. The van der Waals surface area contributed by atoms with Crippen molar-refractivity contribution in [2.24, 2.45) is 7.05 Å². The summed E-state index contributed by atoms with van der Waals surface area (Å²) in [5.74, 6) is 0. The average Bonchev–Trinajstić information content (AvgIpc) is 2.70. The minimum Gasteiger partial charge on any atom is -0.309 e. The summed E-state index contributed by atoms with van der Waals surface area (Å²) in [6, 6.07) is 6.15. The van der Waals surface area contributed by atoms with Crippen LogP contribution in [0, 0.1) is 6.92 Å². The van der Waals surface area contributed by atoms with Gasteiger partial charge in [-0.15, -0.1) is 0 Å². The lowest BCUT2D eigenvalue weighted by molar-refractivity contribution is 0.691. The zero-order valence-electron chi connectivity index (χ0n) is 10.1. The predicted octanol–water partition coefficient (Wildman–Crippen LogP) is 2.67. The predicted molar refractivity (Wildman–Crippen MR) is 69.9 cm³/mol. The number of nitrogens with one attached hydrogen (secondary N) is 1. The third-order valence-corrected chi connectivity index (χ3v) is 3.06. The molecular formula is C13H16ClN3. The lowest BCUT2D eigenvalue weighted by Gasteiger charge is -2.05. The van der Waals surface area contributed by atoms with Gasteiger partial charge in [0.05, 0.1) is 6.20 Å². The molecule has 1 heterocycles. The van der Waals surface area contributed by atoms with Crippen molar-refractivity contribution in [2.45, 2.75) is 20.0 Å². The molecule has 1 aromatic heterocycles. The van der Waals surface area contributed by atoms with Crippen LogP contribution >= 0.6 is 11.6 Å². The van der Waals surface area contributed by atoms with Crippen molar-refractivity contribution in [1.82, 2.24) is 15.1 Å². The van der Waals surface area contributed by atoms with E-state index in [1.54, 1.807) is 4.68 Å². The molecule has 4 heteroatoms. The van der Waals surface area contributed by atoms with E-state index in [2.05, 4.69) is 16.5 Å². The summed E-state index contributed by atoms with van der Waals surface area (Å²) in [4.78, 5) is 0. The van der Waals surface area contributed by atoms with Crippen LogP contribution < -0.4 is 5.32 Å². The van der Waals surface area contributed by atoms with Crippen LogP contribution in [-0.4, -0.2) is 9.78 Å².